The Morgan fingerprint density at radius 1 is 1.27 bits per heavy atom. The van der Waals surface area contributed by atoms with Crippen LogP contribution in [-0.4, -0.2) is 26.3 Å². The molecular weight excluding hydrogens is 278 g/mol. The molecule has 1 fully saturated rings. The van der Waals surface area contributed by atoms with Gasteiger partial charge in [0.15, 0.2) is 5.65 Å². The molecular formula is C16H19N5O. The molecule has 0 saturated carbocycles. The summed E-state index contributed by atoms with van der Waals surface area (Å²) in [4.78, 5) is 4.62. The molecule has 0 bridgehead atoms. The van der Waals surface area contributed by atoms with E-state index in [4.69, 9.17) is 9.62 Å². The molecule has 1 atom stereocenters. The van der Waals surface area contributed by atoms with Crippen molar-refractivity contribution in [3.8, 4) is 11.3 Å². The van der Waals surface area contributed by atoms with Crippen molar-refractivity contribution < 1.29 is 4.52 Å². The second kappa shape index (κ2) is 4.91. The lowest BCUT2D eigenvalue weighted by Crippen LogP contribution is -2.13. The first-order valence-corrected chi connectivity index (χ1v) is 7.67. The van der Waals surface area contributed by atoms with E-state index in [0.29, 0.717) is 6.04 Å². The zero-order chi connectivity index (χ0) is 15.3. The van der Waals surface area contributed by atoms with E-state index in [1.165, 1.54) is 6.42 Å². The largest absolute Gasteiger partial charge is 0.361 e. The molecule has 22 heavy (non-hydrogen) atoms. The summed E-state index contributed by atoms with van der Waals surface area (Å²) in [5.41, 5.74) is 5.77. The molecule has 0 aromatic carbocycles. The van der Waals surface area contributed by atoms with E-state index in [-0.39, 0.29) is 0 Å². The van der Waals surface area contributed by atoms with E-state index in [0.717, 1.165) is 52.7 Å². The van der Waals surface area contributed by atoms with Gasteiger partial charge in [-0.2, -0.15) is 5.10 Å². The van der Waals surface area contributed by atoms with Crippen molar-refractivity contribution in [2.45, 2.75) is 39.7 Å². The van der Waals surface area contributed by atoms with Gasteiger partial charge in [-0.15, -0.1) is 0 Å². The SMILES string of the molecule is Cc1cc(-c2c(C)noc2C)n2nc(C3CCCN3)cc2n1. The van der Waals surface area contributed by atoms with Crippen LogP contribution >= 0.6 is 0 Å². The Bertz CT molecular complexity index is 822. The van der Waals surface area contributed by atoms with Crippen molar-refractivity contribution in [3.05, 3.63) is 35.0 Å². The first-order valence-electron chi connectivity index (χ1n) is 7.67. The third-order valence-electron chi connectivity index (χ3n) is 4.28. The highest BCUT2D eigenvalue weighted by Crippen LogP contribution is 2.29. The summed E-state index contributed by atoms with van der Waals surface area (Å²) in [6.45, 7) is 6.94. The van der Waals surface area contributed by atoms with Crippen LogP contribution in [0, 0.1) is 20.8 Å². The van der Waals surface area contributed by atoms with Crippen molar-refractivity contribution in [3.63, 3.8) is 0 Å². The maximum absolute atomic E-state index is 5.32. The minimum atomic E-state index is 0.333. The molecule has 1 N–H and O–H groups in total. The van der Waals surface area contributed by atoms with Crippen molar-refractivity contribution in [1.29, 1.82) is 0 Å². The fourth-order valence-corrected chi connectivity index (χ4v) is 3.25. The van der Waals surface area contributed by atoms with Crippen LogP contribution in [-0.2, 0) is 0 Å². The number of hydrogen-bond donors (Lipinski definition) is 1. The van der Waals surface area contributed by atoms with Crippen molar-refractivity contribution >= 4 is 5.65 Å². The van der Waals surface area contributed by atoms with Crippen LogP contribution in [0.2, 0.25) is 0 Å². The Labute approximate surface area is 128 Å². The van der Waals surface area contributed by atoms with Gasteiger partial charge in [0.25, 0.3) is 0 Å². The molecule has 6 heteroatoms. The molecule has 0 amide bonds. The van der Waals surface area contributed by atoms with Crippen molar-refractivity contribution in [2.24, 2.45) is 0 Å². The molecule has 1 saturated heterocycles. The highest BCUT2D eigenvalue weighted by molar-refractivity contribution is 5.67. The number of aryl methyl sites for hydroxylation is 3. The summed E-state index contributed by atoms with van der Waals surface area (Å²) in [5.74, 6) is 0.806. The van der Waals surface area contributed by atoms with Gasteiger partial charge >= 0.3 is 0 Å². The Morgan fingerprint density at radius 3 is 2.82 bits per heavy atom. The van der Waals surface area contributed by atoms with E-state index in [2.05, 4.69) is 21.5 Å². The molecule has 1 aliphatic rings. The minimum Gasteiger partial charge on any atom is -0.361 e. The van der Waals surface area contributed by atoms with Crippen LogP contribution in [0.15, 0.2) is 16.7 Å². The van der Waals surface area contributed by atoms with Gasteiger partial charge in [-0.3, -0.25) is 0 Å². The predicted octanol–water partition coefficient (Wildman–Crippen LogP) is 2.73. The molecule has 0 radical (unpaired) electrons. The molecule has 4 rings (SSSR count). The van der Waals surface area contributed by atoms with Crippen LogP contribution in [0.1, 0.15) is 41.7 Å². The standard InChI is InChI=1S/C16H19N5O/c1-9-7-14(16-10(2)20-22-11(16)3)21-15(18-9)8-13(19-21)12-5-4-6-17-12/h7-8,12,17H,4-6H2,1-3H3. The number of nitrogens with one attached hydrogen (secondary N) is 1. The summed E-state index contributed by atoms with van der Waals surface area (Å²) in [6.07, 6.45) is 2.32. The van der Waals surface area contributed by atoms with E-state index in [1.54, 1.807) is 0 Å². The van der Waals surface area contributed by atoms with Crippen LogP contribution < -0.4 is 5.32 Å². The smallest absolute Gasteiger partial charge is 0.156 e. The average molecular weight is 297 g/mol. The second-order valence-corrected chi connectivity index (χ2v) is 5.97. The Hall–Kier alpha value is -2.21. The number of rotatable bonds is 2. The highest BCUT2D eigenvalue weighted by Gasteiger charge is 2.22. The zero-order valence-corrected chi connectivity index (χ0v) is 13.1. The number of hydrogen-bond acceptors (Lipinski definition) is 5. The maximum Gasteiger partial charge on any atom is 0.156 e. The second-order valence-electron chi connectivity index (χ2n) is 5.97. The van der Waals surface area contributed by atoms with Crippen molar-refractivity contribution in [1.82, 2.24) is 25.1 Å². The van der Waals surface area contributed by atoms with Gasteiger partial charge in [-0.25, -0.2) is 9.50 Å². The lowest BCUT2D eigenvalue weighted by Gasteiger charge is -2.06. The first kappa shape index (κ1) is 13.5. The lowest BCUT2D eigenvalue weighted by molar-refractivity contribution is 0.393. The number of fused-ring (bicyclic) bond motifs is 1. The quantitative estimate of drug-likeness (QED) is 0.787. The molecule has 1 aliphatic heterocycles. The first-order chi connectivity index (χ1) is 10.6. The molecule has 0 spiro atoms. The monoisotopic (exact) mass is 297 g/mol. The normalized spacial score (nSPS) is 18.4. The molecule has 0 aliphatic carbocycles. The van der Waals surface area contributed by atoms with Crippen molar-refractivity contribution in [2.75, 3.05) is 6.54 Å². The summed E-state index contributed by atoms with van der Waals surface area (Å²) in [5, 5.41) is 12.4. The van der Waals surface area contributed by atoms with Crippen LogP contribution in [0.5, 0.6) is 0 Å². The van der Waals surface area contributed by atoms with Crippen LogP contribution in [0.4, 0.5) is 0 Å². The predicted molar refractivity (Wildman–Crippen MR) is 82.7 cm³/mol. The van der Waals surface area contributed by atoms with Gasteiger partial charge in [-0.1, -0.05) is 5.16 Å². The van der Waals surface area contributed by atoms with Crippen LogP contribution in [0.25, 0.3) is 16.9 Å². The molecule has 4 heterocycles. The summed E-state index contributed by atoms with van der Waals surface area (Å²) < 4.78 is 7.23. The van der Waals surface area contributed by atoms with Gasteiger partial charge in [0.1, 0.15) is 5.76 Å². The highest BCUT2D eigenvalue weighted by atomic mass is 16.5. The fourth-order valence-electron chi connectivity index (χ4n) is 3.25. The third-order valence-corrected chi connectivity index (χ3v) is 4.28. The summed E-state index contributed by atoms with van der Waals surface area (Å²) in [6, 6.07) is 4.45. The minimum absolute atomic E-state index is 0.333. The fraction of sp³-hybridized carbons (Fsp3) is 0.438. The number of nitrogens with zero attached hydrogens (tertiary/aromatic N) is 4. The maximum atomic E-state index is 5.32. The Kier molecular flexibility index (Phi) is 3.00. The Morgan fingerprint density at radius 2 is 2.14 bits per heavy atom. The van der Waals surface area contributed by atoms with E-state index >= 15 is 0 Å². The van der Waals surface area contributed by atoms with Crippen LogP contribution in [0.3, 0.4) is 0 Å². The van der Waals surface area contributed by atoms with Gasteiger partial charge in [0.2, 0.25) is 0 Å². The van der Waals surface area contributed by atoms with Gasteiger partial charge in [-0.05, 0) is 46.2 Å². The summed E-state index contributed by atoms with van der Waals surface area (Å²) in [7, 11) is 0. The summed E-state index contributed by atoms with van der Waals surface area (Å²) >= 11 is 0. The average Bonchev–Trinajstić information content (AvgIpc) is 3.18. The van der Waals surface area contributed by atoms with Gasteiger partial charge in [0.05, 0.1) is 28.7 Å². The molecule has 3 aromatic rings. The molecule has 114 valence electrons. The Balaban J connectivity index is 1.94. The van der Waals surface area contributed by atoms with E-state index in [9.17, 15) is 0 Å². The molecule has 6 nitrogen and oxygen atoms in total. The zero-order valence-electron chi connectivity index (χ0n) is 13.1. The van der Waals surface area contributed by atoms with E-state index < -0.39 is 0 Å². The van der Waals surface area contributed by atoms with Gasteiger partial charge in [0, 0.05) is 11.8 Å². The molecule has 3 aromatic heterocycles. The third kappa shape index (κ3) is 2.02. The lowest BCUT2D eigenvalue weighted by atomic mass is 10.1. The van der Waals surface area contributed by atoms with E-state index in [1.807, 2.05) is 31.4 Å². The number of aromatic nitrogens is 4. The van der Waals surface area contributed by atoms with Gasteiger partial charge < -0.3 is 9.84 Å². The molecule has 1 unspecified atom stereocenters. The topological polar surface area (TPSA) is 68.2 Å².